The van der Waals surface area contributed by atoms with Crippen molar-refractivity contribution < 1.29 is 17.9 Å². The zero-order valence-corrected chi connectivity index (χ0v) is 18.9. The Morgan fingerprint density at radius 3 is 2.32 bits per heavy atom. The lowest BCUT2D eigenvalue weighted by Crippen LogP contribution is -2.26. The van der Waals surface area contributed by atoms with E-state index in [9.17, 15) is 8.42 Å². The quantitative estimate of drug-likeness (QED) is 0.271. The Hall–Kier alpha value is -3.71. The number of benzene rings is 2. The molecule has 0 saturated heterocycles. The van der Waals surface area contributed by atoms with Gasteiger partial charge in [0.2, 0.25) is 15.9 Å². The van der Waals surface area contributed by atoms with Gasteiger partial charge in [0.05, 0.1) is 23.4 Å². The molecular formula is C22H23N7O4S. The Bertz CT molecular complexity index is 1370. The van der Waals surface area contributed by atoms with Gasteiger partial charge >= 0.3 is 0 Å². The largest absolute Gasteiger partial charge is 0.414 e. The van der Waals surface area contributed by atoms with E-state index in [1.807, 2.05) is 24.3 Å². The highest BCUT2D eigenvalue weighted by molar-refractivity contribution is 7.89. The molecule has 4 rings (SSSR count). The topological polar surface area (TPSA) is 183 Å². The van der Waals surface area contributed by atoms with E-state index in [0.717, 1.165) is 17.5 Å². The number of aromatic nitrogens is 4. The fourth-order valence-corrected chi connectivity index (χ4v) is 4.20. The highest BCUT2D eigenvalue weighted by atomic mass is 32.2. The highest BCUT2D eigenvalue weighted by Crippen LogP contribution is 2.28. The predicted molar refractivity (Wildman–Crippen MR) is 126 cm³/mol. The number of aliphatic hydroxyl groups excluding tert-OH is 1. The molecule has 4 aromatic rings. The van der Waals surface area contributed by atoms with Crippen molar-refractivity contribution in [1.82, 2.24) is 24.9 Å². The molecule has 2 heterocycles. The van der Waals surface area contributed by atoms with Gasteiger partial charge in [-0.05, 0) is 42.8 Å². The first-order chi connectivity index (χ1) is 16.4. The smallest absolute Gasteiger partial charge is 0.270 e. The molecule has 2 aromatic heterocycles. The Balaban J connectivity index is 1.60. The van der Waals surface area contributed by atoms with Gasteiger partial charge in [-0.1, -0.05) is 24.3 Å². The number of anilines is 1. The van der Waals surface area contributed by atoms with Gasteiger partial charge < -0.3 is 21.0 Å². The first-order valence-corrected chi connectivity index (χ1v) is 11.9. The van der Waals surface area contributed by atoms with Crippen LogP contribution in [-0.4, -0.2) is 53.4 Å². The summed E-state index contributed by atoms with van der Waals surface area (Å²) in [6, 6.07) is 13.7. The summed E-state index contributed by atoms with van der Waals surface area (Å²) in [5, 5.41) is 17.0. The fraction of sp³-hybridized carbons (Fsp3) is 0.182. The van der Waals surface area contributed by atoms with E-state index in [0.29, 0.717) is 23.7 Å². The maximum atomic E-state index is 12.2. The average molecular weight is 482 g/mol. The molecule has 0 amide bonds. The first kappa shape index (κ1) is 23.4. The Morgan fingerprint density at radius 2 is 1.65 bits per heavy atom. The minimum atomic E-state index is -3.71. The first-order valence-electron chi connectivity index (χ1n) is 10.4. The SMILES string of the molecule is NCCc1ccc(-c2nnc(-c3nc(-c4ccc(S(=O)(=O)NCCO)cc4)cnc3N)o2)cc1. The lowest BCUT2D eigenvalue weighted by molar-refractivity contribution is 0.301. The standard InChI is InChI=1S/C22H23N7O4S/c23-10-9-14-1-3-16(4-2-14)21-28-29-22(33-21)19-20(24)25-13-18(27-19)15-5-7-17(8-6-15)34(31,32)26-11-12-30/h1-8,13,26,30H,9-12,23H2,(H2,24,25). The zero-order chi connectivity index (χ0) is 24.1. The summed E-state index contributed by atoms with van der Waals surface area (Å²) in [6.45, 7) is 0.205. The molecule has 0 saturated carbocycles. The maximum Gasteiger partial charge on any atom is 0.270 e. The van der Waals surface area contributed by atoms with Crippen LogP contribution in [0.5, 0.6) is 0 Å². The number of nitrogens with two attached hydrogens (primary N) is 2. The van der Waals surface area contributed by atoms with Gasteiger partial charge in [0, 0.05) is 17.7 Å². The number of hydrogen-bond acceptors (Lipinski definition) is 10. The average Bonchev–Trinajstić information content (AvgIpc) is 3.34. The number of nitrogens with one attached hydrogen (secondary N) is 1. The van der Waals surface area contributed by atoms with E-state index in [1.54, 1.807) is 12.1 Å². The Labute approximate surface area is 195 Å². The van der Waals surface area contributed by atoms with E-state index in [1.165, 1.54) is 18.3 Å². The van der Waals surface area contributed by atoms with Crippen LogP contribution in [0.4, 0.5) is 5.82 Å². The van der Waals surface area contributed by atoms with Gasteiger partial charge in [-0.15, -0.1) is 10.2 Å². The molecule has 0 aliphatic carbocycles. The molecule has 0 aliphatic heterocycles. The minimum absolute atomic E-state index is 0.0624. The summed E-state index contributed by atoms with van der Waals surface area (Å²) >= 11 is 0. The van der Waals surface area contributed by atoms with Crippen molar-refractivity contribution in [2.45, 2.75) is 11.3 Å². The molecule has 6 N–H and O–H groups in total. The van der Waals surface area contributed by atoms with Crippen molar-refractivity contribution in [2.24, 2.45) is 5.73 Å². The monoisotopic (exact) mass is 481 g/mol. The van der Waals surface area contributed by atoms with Crippen LogP contribution in [0.2, 0.25) is 0 Å². The van der Waals surface area contributed by atoms with Crippen molar-refractivity contribution >= 4 is 15.8 Å². The van der Waals surface area contributed by atoms with Gasteiger partial charge in [-0.25, -0.2) is 23.1 Å². The van der Waals surface area contributed by atoms with Crippen LogP contribution in [0, 0.1) is 0 Å². The van der Waals surface area contributed by atoms with E-state index < -0.39 is 10.0 Å². The molecule has 2 aromatic carbocycles. The second-order valence-corrected chi connectivity index (χ2v) is 9.05. The van der Waals surface area contributed by atoms with Gasteiger partial charge in [-0.2, -0.15) is 0 Å². The van der Waals surface area contributed by atoms with Crippen LogP contribution in [0.1, 0.15) is 5.56 Å². The molecule has 34 heavy (non-hydrogen) atoms. The van der Waals surface area contributed by atoms with Gasteiger partial charge in [0.1, 0.15) is 0 Å². The highest BCUT2D eigenvalue weighted by Gasteiger charge is 2.18. The Morgan fingerprint density at radius 1 is 0.971 bits per heavy atom. The second-order valence-electron chi connectivity index (χ2n) is 7.28. The summed E-state index contributed by atoms with van der Waals surface area (Å²) in [6.07, 6.45) is 2.25. The number of hydrogen-bond donors (Lipinski definition) is 4. The zero-order valence-electron chi connectivity index (χ0n) is 18.0. The summed E-state index contributed by atoms with van der Waals surface area (Å²) in [7, 11) is -3.71. The van der Waals surface area contributed by atoms with Gasteiger partial charge in [-0.3, -0.25) is 0 Å². The summed E-state index contributed by atoms with van der Waals surface area (Å²) in [5.41, 5.74) is 14.7. The molecule has 0 bridgehead atoms. The minimum Gasteiger partial charge on any atom is -0.414 e. The number of sulfonamides is 1. The van der Waals surface area contributed by atoms with E-state index in [4.69, 9.17) is 21.0 Å². The third kappa shape index (κ3) is 5.10. The predicted octanol–water partition coefficient (Wildman–Crippen LogP) is 1.21. The molecule has 0 spiro atoms. The van der Waals surface area contributed by atoms with Crippen molar-refractivity contribution in [3.63, 3.8) is 0 Å². The summed E-state index contributed by atoms with van der Waals surface area (Å²) in [5.74, 6) is 0.538. The van der Waals surface area contributed by atoms with Crippen LogP contribution in [0.15, 0.2) is 64.0 Å². The molecule has 11 nitrogen and oxygen atoms in total. The van der Waals surface area contributed by atoms with E-state index in [-0.39, 0.29) is 35.4 Å². The normalized spacial score (nSPS) is 11.6. The maximum absolute atomic E-state index is 12.2. The van der Waals surface area contributed by atoms with Gasteiger partial charge in [0.25, 0.3) is 5.89 Å². The number of nitrogen functional groups attached to an aromatic ring is 1. The van der Waals surface area contributed by atoms with E-state index >= 15 is 0 Å². The number of aliphatic hydroxyl groups is 1. The van der Waals surface area contributed by atoms with Crippen molar-refractivity contribution in [1.29, 1.82) is 0 Å². The molecule has 0 aliphatic rings. The van der Waals surface area contributed by atoms with Crippen LogP contribution in [0.25, 0.3) is 34.3 Å². The third-order valence-electron chi connectivity index (χ3n) is 4.93. The van der Waals surface area contributed by atoms with Crippen LogP contribution in [0.3, 0.4) is 0 Å². The lowest BCUT2D eigenvalue weighted by Gasteiger charge is -2.07. The fourth-order valence-electron chi connectivity index (χ4n) is 3.18. The molecule has 0 atom stereocenters. The lowest BCUT2D eigenvalue weighted by atomic mass is 10.1. The van der Waals surface area contributed by atoms with Gasteiger partial charge in [0.15, 0.2) is 11.5 Å². The molecule has 0 unspecified atom stereocenters. The van der Waals surface area contributed by atoms with Crippen LogP contribution >= 0.6 is 0 Å². The van der Waals surface area contributed by atoms with Crippen molar-refractivity contribution in [3.05, 3.63) is 60.3 Å². The second kappa shape index (κ2) is 10.1. The molecule has 0 fully saturated rings. The third-order valence-corrected chi connectivity index (χ3v) is 6.40. The molecular weight excluding hydrogens is 458 g/mol. The van der Waals surface area contributed by atoms with Crippen molar-refractivity contribution in [2.75, 3.05) is 25.4 Å². The van der Waals surface area contributed by atoms with Crippen LogP contribution < -0.4 is 16.2 Å². The molecule has 176 valence electrons. The summed E-state index contributed by atoms with van der Waals surface area (Å²) in [4.78, 5) is 8.74. The van der Waals surface area contributed by atoms with E-state index in [2.05, 4.69) is 24.9 Å². The van der Waals surface area contributed by atoms with Crippen molar-refractivity contribution in [3.8, 4) is 34.3 Å². The summed E-state index contributed by atoms with van der Waals surface area (Å²) < 4.78 is 32.5. The number of nitrogens with zero attached hydrogens (tertiary/aromatic N) is 4. The Kier molecular flexibility index (Phi) is 6.93. The molecule has 0 radical (unpaired) electrons. The molecule has 12 heteroatoms. The number of rotatable bonds is 9. The van der Waals surface area contributed by atoms with Crippen LogP contribution in [-0.2, 0) is 16.4 Å².